The van der Waals surface area contributed by atoms with Crippen molar-refractivity contribution in [1.29, 1.82) is 0 Å². The molecule has 0 aliphatic carbocycles. The van der Waals surface area contributed by atoms with Gasteiger partial charge >= 0.3 is 0 Å². The summed E-state index contributed by atoms with van der Waals surface area (Å²) in [6, 6.07) is 13.5. The molecule has 0 atom stereocenters. The fourth-order valence-electron chi connectivity index (χ4n) is 3.07. The number of non-ortho nitro benzene ring substituents is 1. The lowest BCUT2D eigenvalue weighted by Gasteiger charge is -2.05. The van der Waals surface area contributed by atoms with Gasteiger partial charge in [-0.3, -0.25) is 19.9 Å². The van der Waals surface area contributed by atoms with Gasteiger partial charge in [-0.15, -0.1) is 5.10 Å². The lowest BCUT2D eigenvalue weighted by Crippen LogP contribution is -2.24. The summed E-state index contributed by atoms with van der Waals surface area (Å²) in [7, 11) is 0. The minimum absolute atomic E-state index is 0.0221. The molecule has 0 N–H and O–H groups in total. The molecule has 146 valence electrons. The van der Waals surface area contributed by atoms with E-state index in [9.17, 15) is 14.9 Å². The minimum Gasteiger partial charge on any atom is -0.317 e. The molecule has 0 saturated heterocycles. The monoisotopic (exact) mass is 416 g/mol. The maximum absolute atomic E-state index is 12.8. The predicted octanol–water partition coefficient (Wildman–Crippen LogP) is 2.46. The molecule has 5 rings (SSSR count). The standard InChI is InChI=1S/C20H12N6O3S/c27-19-17(30-20-22-18(23-25(19)20)13-7-9-21-10-8-13)12-16-2-1-11-24(16)14-3-5-15(6-4-14)26(28)29/h1-12H/b17-12-. The van der Waals surface area contributed by atoms with E-state index in [-0.39, 0.29) is 11.2 Å². The Balaban J connectivity index is 1.55. The Labute approximate surface area is 172 Å². The summed E-state index contributed by atoms with van der Waals surface area (Å²) in [5.41, 5.74) is 2.08. The Kier molecular flexibility index (Phi) is 4.18. The van der Waals surface area contributed by atoms with Crippen LogP contribution in [0.2, 0.25) is 0 Å². The Morgan fingerprint density at radius 1 is 1.07 bits per heavy atom. The molecule has 9 nitrogen and oxygen atoms in total. The number of nitro groups is 1. The highest BCUT2D eigenvalue weighted by atomic mass is 32.1. The van der Waals surface area contributed by atoms with E-state index in [1.54, 1.807) is 42.7 Å². The van der Waals surface area contributed by atoms with Crippen molar-refractivity contribution >= 4 is 28.1 Å². The number of rotatable bonds is 4. The highest BCUT2D eigenvalue weighted by Crippen LogP contribution is 2.18. The molecular formula is C20H12N6O3S. The van der Waals surface area contributed by atoms with E-state index in [1.807, 2.05) is 22.9 Å². The number of thiazole rings is 1. The van der Waals surface area contributed by atoms with Crippen molar-refractivity contribution in [3.63, 3.8) is 0 Å². The second kappa shape index (κ2) is 7.01. The molecule has 10 heteroatoms. The van der Waals surface area contributed by atoms with Gasteiger partial charge in [0.15, 0.2) is 5.82 Å². The van der Waals surface area contributed by atoms with Crippen molar-refractivity contribution in [2.24, 2.45) is 0 Å². The highest BCUT2D eigenvalue weighted by molar-refractivity contribution is 7.15. The first-order chi connectivity index (χ1) is 14.6. The summed E-state index contributed by atoms with van der Waals surface area (Å²) in [5.74, 6) is 0.474. The number of nitrogens with zero attached hydrogens (tertiary/aromatic N) is 6. The van der Waals surface area contributed by atoms with Crippen LogP contribution in [0.5, 0.6) is 0 Å². The van der Waals surface area contributed by atoms with E-state index in [4.69, 9.17) is 0 Å². The third-order valence-corrected chi connectivity index (χ3v) is 5.48. The number of hydrogen-bond donors (Lipinski definition) is 0. The molecular weight excluding hydrogens is 404 g/mol. The van der Waals surface area contributed by atoms with Gasteiger partial charge in [0.2, 0.25) is 4.96 Å². The molecule has 0 radical (unpaired) electrons. The van der Waals surface area contributed by atoms with Crippen LogP contribution < -0.4 is 10.1 Å². The zero-order valence-corrected chi connectivity index (χ0v) is 16.1. The fourth-order valence-corrected chi connectivity index (χ4v) is 3.97. The lowest BCUT2D eigenvalue weighted by molar-refractivity contribution is -0.384. The van der Waals surface area contributed by atoms with Crippen LogP contribution in [0.15, 0.2) is 71.9 Å². The van der Waals surface area contributed by atoms with Crippen molar-refractivity contribution in [1.82, 2.24) is 24.1 Å². The molecule has 0 aliphatic heterocycles. The molecule has 5 aromatic rings. The molecule has 30 heavy (non-hydrogen) atoms. The fraction of sp³-hybridized carbons (Fsp3) is 0. The predicted molar refractivity (Wildman–Crippen MR) is 112 cm³/mol. The number of nitro benzene ring substituents is 1. The average molecular weight is 416 g/mol. The van der Waals surface area contributed by atoms with E-state index in [0.717, 1.165) is 16.9 Å². The molecule has 4 heterocycles. The normalized spacial score (nSPS) is 11.9. The largest absolute Gasteiger partial charge is 0.317 e. The molecule has 0 unspecified atom stereocenters. The third kappa shape index (κ3) is 3.05. The molecule has 0 bridgehead atoms. The Hall–Kier alpha value is -4.18. The van der Waals surface area contributed by atoms with Crippen molar-refractivity contribution in [3.05, 3.63) is 97.8 Å². The summed E-state index contributed by atoms with van der Waals surface area (Å²) < 4.78 is 3.64. The minimum atomic E-state index is -0.440. The highest BCUT2D eigenvalue weighted by Gasteiger charge is 2.12. The molecule has 0 fully saturated rings. The number of aromatic nitrogens is 5. The quantitative estimate of drug-likeness (QED) is 0.329. The van der Waals surface area contributed by atoms with Gasteiger partial charge in [0, 0.05) is 47.7 Å². The van der Waals surface area contributed by atoms with Gasteiger partial charge in [0.05, 0.1) is 4.92 Å². The van der Waals surface area contributed by atoms with Crippen LogP contribution in [-0.2, 0) is 0 Å². The third-order valence-electron chi connectivity index (χ3n) is 4.52. The molecule has 0 aliphatic rings. The number of hydrogen-bond acceptors (Lipinski definition) is 7. The van der Waals surface area contributed by atoms with Gasteiger partial charge in [0.25, 0.3) is 11.2 Å². The van der Waals surface area contributed by atoms with Gasteiger partial charge in [0.1, 0.15) is 4.53 Å². The Morgan fingerprint density at radius 2 is 1.83 bits per heavy atom. The zero-order valence-electron chi connectivity index (χ0n) is 15.2. The van der Waals surface area contributed by atoms with Crippen molar-refractivity contribution in [2.75, 3.05) is 0 Å². The maximum atomic E-state index is 12.8. The van der Waals surface area contributed by atoms with E-state index in [1.165, 1.54) is 28.0 Å². The topological polar surface area (TPSA) is 108 Å². The van der Waals surface area contributed by atoms with E-state index in [0.29, 0.717) is 15.3 Å². The van der Waals surface area contributed by atoms with E-state index in [2.05, 4.69) is 15.1 Å². The number of benzene rings is 1. The van der Waals surface area contributed by atoms with Gasteiger partial charge in [-0.25, -0.2) is 0 Å². The second-order valence-electron chi connectivity index (χ2n) is 6.36. The van der Waals surface area contributed by atoms with E-state index < -0.39 is 4.92 Å². The van der Waals surface area contributed by atoms with Crippen LogP contribution >= 0.6 is 11.3 Å². The molecule has 4 aromatic heterocycles. The van der Waals surface area contributed by atoms with Crippen molar-refractivity contribution in [2.45, 2.75) is 0 Å². The first kappa shape index (κ1) is 17.9. The Bertz CT molecular complexity index is 1490. The molecule has 0 spiro atoms. The van der Waals surface area contributed by atoms with Gasteiger partial charge in [-0.2, -0.15) is 9.50 Å². The molecule has 0 saturated carbocycles. The summed E-state index contributed by atoms with van der Waals surface area (Å²) >= 11 is 1.25. The number of fused-ring (bicyclic) bond motifs is 1. The summed E-state index contributed by atoms with van der Waals surface area (Å²) in [4.78, 5) is 32.2. The molecule has 0 amide bonds. The van der Waals surface area contributed by atoms with Gasteiger partial charge < -0.3 is 4.57 Å². The summed E-state index contributed by atoms with van der Waals surface area (Å²) in [5, 5.41) is 15.2. The zero-order chi connectivity index (χ0) is 20.7. The van der Waals surface area contributed by atoms with Gasteiger partial charge in [-0.1, -0.05) is 11.3 Å². The Morgan fingerprint density at radius 3 is 2.53 bits per heavy atom. The SMILES string of the molecule is O=c1/c(=C/c2cccn2-c2ccc([N+](=O)[O-])cc2)sc2nc(-c3ccncc3)nn12. The van der Waals surface area contributed by atoms with Crippen LogP contribution in [-0.4, -0.2) is 29.1 Å². The molecule has 1 aromatic carbocycles. The van der Waals surface area contributed by atoms with Crippen LogP contribution in [0, 0.1) is 10.1 Å². The van der Waals surface area contributed by atoms with Crippen LogP contribution in [0.1, 0.15) is 5.69 Å². The summed E-state index contributed by atoms with van der Waals surface area (Å²) in [6.45, 7) is 0. The van der Waals surface area contributed by atoms with Gasteiger partial charge in [-0.05, 0) is 42.5 Å². The smallest absolute Gasteiger partial charge is 0.291 e. The second-order valence-corrected chi connectivity index (χ2v) is 7.37. The van der Waals surface area contributed by atoms with Crippen LogP contribution in [0.4, 0.5) is 5.69 Å². The lowest BCUT2D eigenvalue weighted by atomic mass is 10.2. The first-order valence-corrected chi connectivity index (χ1v) is 9.66. The van der Waals surface area contributed by atoms with Crippen molar-refractivity contribution in [3.8, 4) is 17.1 Å². The van der Waals surface area contributed by atoms with Crippen LogP contribution in [0.3, 0.4) is 0 Å². The first-order valence-electron chi connectivity index (χ1n) is 8.84. The van der Waals surface area contributed by atoms with Crippen LogP contribution in [0.25, 0.3) is 28.1 Å². The number of pyridine rings is 1. The summed E-state index contributed by atoms with van der Waals surface area (Å²) in [6.07, 6.45) is 6.88. The maximum Gasteiger partial charge on any atom is 0.291 e. The van der Waals surface area contributed by atoms with E-state index >= 15 is 0 Å². The van der Waals surface area contributed by atoms with Crippen molar-refractivity contribution < 1.29 is 4.92 Å². The average Bonchev–Trinajstić information content (AvgIpc) is 3.46.